The van der Waals surface area contributed by atoms with Gasteiger partial charge in [-0.1, -0.05) is 0 Å². The van der Waals surface area contributed by atoms with E-state index in [2.05, 4.69) is 0 Å². The molecule has 84 valence electrons. The van der Waals surface area contributed by atoms with Crippen molar-refractivity contribution in [2.75, 3.05) is 6.61 Å². The van der Waals surface area contributed by atoms with Crippen LogP contribution in [0.25, 0.3) is 0 Å². The molecule has 1 N–H and O–H groups in total. The molecule has 2 nitrogen and oxygen atoms in total. The summed E-state index contributed by atoms with van der Waals surface area (Å²) in [7, 11) is 0. The van der Waals surface area contributed by atoms with Crippen LogP contribution in [-0.2, 0) is 6.18 Å². The summed E-state index contributed by atoms with van der Waals surface area (Å²) in [5.74, 6) is -0.654. The lowest BCUT2D eigenvalue weighted by molar-refractivity contribution is -0.139. The fraction of sp³-hybridized carbons (Fsp3) is 0.333. The van der Waals surface area contributed by atoms with E-state index in [9.17, 15) is 13.2 Å². The van der Waals surface area contributed by atoms with Gasteiger partial charge >= 0.3 is 6.18 Å². The Kier molecular flexibility index (Phi) is 3.69. The molecule has 0 radical (unpaired) electrons. The van der Waals surface area contributed by atoms with Gasteiger partial charge in [0, 0.05) is 0 Å². The first-order chi connectivity index (χ1) is 6.86. The highest BCUT2D eigenvalue weighted by molar-refractivity contribution is 14.1. The van der Waals surface area contributed by atoms with Crippen LogP contribution in [0.1, 0.15) is 12.5 Å². The number of ether oxygens (including phenoxy) is 1. The summed E-state index contributed by atoms with van der Waals surface area (Å²) in [6.45, 7) is 1.74. The van der Waals surface area contributed by atoms with Crippen LogP contribution < -0.4 is 4.74 Å². The molecule has 0 aliphatic carbocycles. The molecule has 0 aliphatic rings. The molecule has 0 aliphatic heterocycles. The van der Waals surface area contributed by atoms with Gasteiger partial charge in [-0.05, 0) is 41.6 Å². The van der Waals surface area contributed by atoms with Crippen molar-refractivity contribution < 1.29 is 23.0 Å². The summed E-state index contributed by atoms with van der Waals surface area (Å²) in [4.78, 5) is 0. The van der Waals surface area contributed by atoms with Crippen molar-refractivity contribution in [3.8, 4) is 11.5 Å². The third-order valence-corrected chi connectivity index (χ3v) is 2.42. The van der Waals surface area contributed by atoms with Gasteiger partial charge in [-0.15, -0.1) is 0 Å². The van der Waals surface area contributed by atoms with E-state index in [0.29, 0.717) is 6.07 Å². The first-order valence-electron chi connectivity index (χ1n) is 4.08. The molecule has 1 aromatic carbocycles. The number of halogens is 4. The molecule has 1 rings (SSSR count). The van der Waals surface area contributed by atoms with E-state index in [1.165, 1.54) is 6.07 Å². The Morgan fingerprint density at radius 1 is 1.40 bits per heavy atom. The van der Waals surface area contributed by atoms with E-state index >= 15 is 0 Å². The second-order valence-electron chi connectivity index (χ2n) is 2.74. The zero-order valence-electron chi connectivity index (χ0n) is 7.73. The van der Waals surface area contributed by atoms with Gasteiger partial charge in [-0.25, -0.2) is 0 Å². The van der Waals surface area contributed by atoms with E-state index in [4.69, 9.17) is 9.84 Å². The summed E-state index contributed by atoms with van der Waals surface area (Å²) in [5, 5.41) is 9.09. The molecule has 0 bridgehead atoms. The van der Waals surface area contributed by atoms with E-state index in [0.717, 1.165) is 0 Å². The van der Waals surface area contributed by atoms with E-state index in [1.807, 2.05) is 0 Å². The Morgan fingerprint density at radius 2 is 2.00 bits per heavy atom. The van der Waals surface area contributed by atoms with Crippen molar-refractivity contribution in [2.24, 2.45) is 0 Å². The lowest BCUT2D eigenvalue weighted by Crippen LogP contribution is -2.09. The van der Waals surface area contributed by atoms with Crippen LogP contribution in [0.5, 0.6) is 11.5 Å². The number of phenols is 1. The van der Waals surface area contributed by atoms with Crippen molar-refractivity contribution in [1.29, 1.82) is 0 Å². The fourth-order valence-corrected chi connectivity index (χ4v) is 1.85. The molecule has 0 aromatic heterocycles. The molecule has 0 unspecified atom stereocenters. The van der Waals surface area contributed by atoms with Crippen molar-refractivity contribution in [3.05, 3.63) is 21.3 Å². The Balaban J connectivity index is 3.33. The lowest BCUT2D eigenvalue weighted by atomic mass is 10.2. The maximum atomic E-state index is 12.5. The summed E-state index contributed by atoms with van der Waals surface area (Å²) < 4.78 is 42.8. The summed E-state index contributed by atoms with van der Waals surface area (Å²) >= 11 is 1.69. The van der Waals surface area contributed by atoms with Crippen molar-refractivity contribution in [2.45, 2.75) is 13.1 Å². The minimum absolute atomic E-state index is 0.143. The smallest absolute Gasteiger partial charge is 0.420 e. The number of aromatic hydroxyl groups is 1. The van der Waals surface area contributed by atoms with E-state index in [1.54, 1.807) is 29.5 Å². The second-order valence-corrected chi connectivity index (χ2v) is 3.90. The van der Waals surface area contributed by atoms with Gasteiger partial charge < -0.3 is 9.84 Å². The molecule has 15 heavy (non-hydrogen) atoms. The molecule has 0 heterocycles. The molecule has 0 fully saturated rings. The van der Waals surface area contributed by atoms with Crippen LogP contribution in [0.4, 0.5) is 13.2 Å². The zero-order valence-corrected chi connectivity index (χ0v) is 9.89. The molecule has 0 saturated carbocycles. The first-order valence-corrected chi connectivity index (χ1v) is 5.16. The van der Waals surface area contributed by atoms with E-state index in [-0.39, 0.29) is 15.9 Å². The standard InChI is InChI=1S/C9H8F3IO2/c1-2-15-8-6(9(10,11)12)3-5(14)4-7(8)13/h3-4,14H,2H2,1H3. The molecular formula is C9H8F3IO2. The minimum Gasteiger partial charge on any atom is -0.508 e. The summed E-state index contributed by atoms with van der Waals surface area (Å²) in [6.07, 6.45) is -4.52. The van der Waals surface area contributed by atoms with Crippen molar-refractivity contribution >= 4 is 22.6 Å². The second kappa shape index (κ2) is 4.46. The Labute approximate surface area is 98.2 Å². The van der Waals surface area contributed by atoms with Crippen molar-refractivity contribution in [3.63, 3.8) is 0 Å². The van der Waals surface area contributed by atoms with Gasteiger partial charge in [0.2, 0.25) is 0 Å². The van der Waals surface area contributed by atoms with Crippen LogP contribution in [0.15, 0.2) is 12.1 Å². The van der Waals surface area contributed by atoms with Gasteiger partial charge in [0.25, 0.3) is 0 Å². The first kappa shape index (κ1) is 12.4. The normalized spacial score (nSPS) is 11.5. The zero-order chi connectivity index (χ0) is 11.6. The third kappa shape index (κ3) is 2.90. The Morgan fingerprint density at radius 3 is 2.47 bits per heavy atom. The molecular weight excluding hydrogens is 324 g/mol. The molecule has 0 saturated heterocycles. The number of benzene rings is 1. The van der Waals surface area contributed by atoms with Crippen LogP contribution in [-0.4, -0.2) is 11.7 Å². The molecule has 0 atom stereocenters. The maximum absolute atomic E-state index is 12.5. The third-order valence-electron chi connectivity index (χ3n) is 1.62. The van der Waals surface area contributed by atoms with Gasteiger partial charge in [0.05, 0.1) is 10.2 Å². The highest BCUT2D eigenvalue weighted by atomic mass is 127. The maximum Gasteiger partial charge on any atom is 0.420 e. The lowest BCUT2D eigenvalue weighted by Gasteiger charge is -2.14. The van der Waals surface area contributed by atoms with Crippen LogP contribution in [0.2, 0.25) is 0 Å². The van der Waals surface area contributed by atoms with Gasteiger partial charge in [-0.3, -0.25) is 0 Å². The number of rotatable bonds is 2. The molecule has 0 spiro atoms. The van der Waals surface area contributed by atoms with Crippen LogP contribution in [0.3, 0.4) is 0 Å². The Hall–Kier alpha value is -0.660. The highest BCUT2D eigenvalue weighted by Gasteiger charge is 2.36. The topological polar surface area (TPSA) is 29.5 Å². The predicted molar refractivity (Wildman–Crippen MR) is 57.0 cm³/mol. The fourth-order valence-electron chi connectivity index (χ4n) is 1.08. The quantitative estimate of drug-likeness (QED) is 0.841. The summed E-state index contributed by atoms with van der Waals surface area (Å²) in [5.41, 5.74) is -0.950. The minimum atomic E-state index is -4.52. The number of hydrogen-bond donors (Lipinski definition) is 1. The van der Waals surface area contributed by atoms with E-state index < -0.39 is 17.5 Å². The number of phenolic OH excluding ortho intramolecular Hbond substituents is 1. The highest BCUT2D eigenvalue weighted by Crippen LogP contribution is 2.41. The summed E-state index contributed by atoms with van der Waals surface area (Å²) in [6, 6.07) is 1.88. The van der Waals surface area contributed by atoms with Crippen LogP contribution >= 0.6 is 22.6 Å². The number of alkyl halides is 3. The average Bonchev–Trinajstić information content (AvgIpc) is 2.07. The molecule has 0 amide bonds. The Bertz CT molecular complexity index is 363. The van der Waals surface area contributed by atoms with Gasteiger partial charge in [0.15, 0.2) is 0 Å². The largest absolute Gasteiger partial charge is 0.508 e. The SMILES string of the molecule is CCOc1c(I)cc(O)cc1C(F)(F)F. The monoisotopic (exact) mass is 332 g/mol. The predicted octanol–water partition coefficient (Wildman–Crippen LogP) is 3.41. The van der Waals surface area contributed by atoms with Crippen LogP contribution in [0, 0.1) is 3.57 Å². The molecule has 1 aromatic rings. The average molecular weight is 332 g/mol. The number of hydrogen-bond acceptors (Lipinski definition) is 2. The molecule has 6 heteroatoms. The van der Waals surface area contributed by atoms with Crippen molar-refractivity contribution in [1.82, 2.24) is 0 Å². The van der Waals surface area contributed by atoms with Gasteiger partial charge in [0.1, 0.15) is 17.1 Å². The van der Waals surface area contributed by atoms with Gasteiger partial charge in [-0.2, -0.15) is 13.2 Å².